The smallest absolute Gasteiger partial charge is 0.209 e. The number of hydrogen-bond donors (Lipinski definition) is 1. The van der Waals surface area contributed by atoms with E-state index in [2.05, 4.69) is 22.2 Å². The zero-order valence-corrected chi connectivity index (χ0v) is 13.5. The van der Waals surface area contributed by atoms with Crippen molar-refractivity contribution in [3.05, 3.63) is 47.2 Å². The summed E-state index contributed by atoms with van der Waals surface area (Å²) in [5.74, 6) is -0.179. The van der Waals surface area contributed by atoms with E-state index < -0.39 is 0 Å². The van der Waals surface area contributed by atoms with E-state index >= 15 is 0 Å². The molecule has 0 amide bonds. The van der Waals surface area contributed by atoms with E-state index in [1.165, 1.54) is 6.08 Å². The first-order chi connectivity index (χ1) is 11.1. The first-order valence-corrected chi connectivity index (χ1v) is 8.19. The second kappa shape index (κ2) is 7.06. The van der Waals surface area contributed by atoms with Crippen LogP contribution >= 0.6 is 0 Å². The third-order valence-corrected chi connectivity index (χ3v) is 4.52. The fourth-order valence-electron chi connectivity index (χ4n) is 3.04. The minimum Gasteiger partial charge on any atom is -0.382 e. The van der Waals surface area contributed by atoms with Crippen LogP contribution in [0.25, 0.3) is 0 Å². The van der Waals surface area contributed by atoms with Crippen LogP contribution < -0.4 is 5.32 Å². The Labute approximate surface area is 137 Å². The molecular weight excluding hydrogens is 290 g/mol. The van der Waals surface area contributed by atoms with Crippen molar-refractivity contribution < 1.29 is 9.59 Å². The molecule has 3 rings (SSSR count). The highest BCUT2D eigenvalue weighted by Gasteiger charge is 2.24. The van der Waals surface area contributed by atoms with Crippen LogP contribution in [-0.4, -0.2) is 67.7 Å². The van der Waals surface area contributed by atoms with Gasteiger partial charge in [0.15, 0.2) is 5.78 Å². The first kappa shape index (κ1) is 15.9. The molecule has 1 fully saturated rings. The van der Waals surface area contributed by atoms with Crippen LogP contribution in [0.3, 0.4) is 0 Å². The fourth-order valence-corrected chi connectivity index (χ4v) is 3.04. The van der Waals surface area contributed by atoms with Gasteiger partial charge in [0.1, 0.15) is 0 Å². The monoisotopic (exact) mass is 313 g/mol. The lowest BCUT2D eigenvalue weighted by atomic mass is 9.93. The molecule has 0 bridgehead atoms. The topological polar surface area (TPSA) is 52.6 Å². The zero-order chi connectivity index (χ0) is 16.2. The van der Waals surface area contributed by atoms with E-state index in [1.807, 2.05) is 0 Å². The van der Waals surface area contributed by atoms with Gasteiger partial charge in [0.25, 0.3) is 0 Å². The number of carbonyl (C=O) groups excluding carboxylic acids is 2. The summed E-state index contributed by atoms with van der Waals surface area (Å²) in [6.45, 7) is 6.16. The van der Waals surface area contributed by atoms with E-state index in [9.17, 15) is 9.59 Å². The number of hydrogen-bond acceptors (Lipinski definition) is 5. The van der Waals surface area contributed by atoms with E-state index in [0.29, 0.717) is 23.4 Å². The molecule has 0 spiro atoms. The summed E-state index contributed by atoms with van der Waals surface area (Å²) in [5, 5.41) is 3.14. The van der Waals surface area contributed by atoms with Crippen LogP contribution in [0.1, 0.15) is 27.1 Å². The van der Waals surface area contributed by atoms with Crippen molar-refractivity contribution in [2.45, 2.75) is 6.42 Å². The summed E-state index contributed by atoms with van der Waals surface area (Å²) in [5.41, 5.74) is 1.43. The van der Waals surface area contributed by atoms with Crippen LogP contribution in [0.15, 0.2) is 36.0 Å². The number of Topliss-reactive ketones (excluding diaryl/α,β-unsaturated/α-hetero) is 1. The normalized spacial score (nSPS) is 19.4. The first-order valence-electron chi connectivity index (χ1n) is 8.19. The van der Waals surface area contributed by atoms with Crippen molar-refractivity contribution in [1.29, 1.82) is 0 Å². The molecule has 1 aliphatic carbocycles. The third-order valence-electron chi connectivity index (χ3n) is 4.52. The number of benzene rings is 1. The molecule has 5 nitrogen and oxygen atoms in total. The van der Waals surface area contributed by atoms with Gasteiger partial charge in [-0.3, -0.25) is 9.59 Å². The Morgan fingerprint density at radius 1 is 1.04 bits per heavy atom. The molecule has 0 aromatic heterocycles. The Morgan fingerprint density at radius 3 is 2.48 bits per heavy atom. The maximum absolute atomic E-state index is 12.4. The summed E-state index contributed by atoms with van der Waals surface area (Å²) in [4.78, 5) is 29.2. The maximum Gasteiger partial charge on any atom is 0.209 e. The van der Waals surface area contributed by atoms with Crippen LogP contribution in [0.2, 0.25) is 0 Å². The molecule has 2 aliphatic rings. The van der Waals surface area contributed by atoms with Crippen LogP contribution in [0.4, 0.5) is 0 Å². The van der Waals surface area contributed by atoms with Gasteiger partial charge < -0.3 is 15.1 Å². The van der Waals surface area contributed by atoms with Crippen molar-refractivity contribution in [1.82, 2.24) is 15.1 Å². The maximum atomic E-state index is 12.4. The lowest BCUT2D eigenvalue weighted by molar-refractivity contribution is 0.0978. The Bertz CT molecular complexity index is 631. The highest BCUT2D eigenvalue weighted by Crippen LogP contribution is 2.19. The molecule has 1 saturated heterocycles. The zero-order valence-electron chi connectivity index (χ0n) is 13.5. The number of rotatable bonds is 5. The highest BCUT2D eigenvalue weighted by molar-refractivity contribution is 6.24. The van der Waals surface area contributed by atoms with Gasteiger partial charge in [-0.1, -0.05) is 24.3 Å². The summed E-state index contributed by atoms with van der Waals surface area (Å²) >= 11 is 0. The molecular formula is C18H23N3O2. The highest BCUT2D eigenvalue weighted by atomic mass is 16.1. The SMILES string of the molecule is CN1CCN(CCCNC2=CC(=O)c3ccccc3C2=O)CC1. The summed E-state index contributed by atoms with van der Waals surface area (Å²) < 4.78 is 0. The predicted octanol–water partition coefficient (Wildman–Crippen LogP) is 1.18. The van der Waals surface area contributed by atoms with Gasteiger partial charge in [-0.25, -0.2) is 0 Å². The molecule has 1 N–H and O–H groups in total. The summed E-state index contributed by atoms with van der Waals surface area (Å²) in [6, 6.07) is 7.00. The molecule has 1 aromatic rings. The number of nitrogens with one attached hydrogen (secondary N) is 1. The molecule has 5 heteroatoms. The molecule has 0 unspecified atom stereocenters. The standard InChI is InChI=1S/C18H23N3O2/c1-20-9-11-21(12-10-20)8-4-7-19-16-13-17(22)14-5-2-3-6-15(14)18(16)23/h2-3,5-6,13,19H,4,7-12H2,1H3. The van der Waals surface area contributed by atoms with Crippen LogP contribution in [0, 0.1) is 0 Å². The molecule has 0 saturated carbocycles. The van der Waals surface area contributed by atoms with E-state index in [1.54, 1.807) is 24.3 Å². The van der Waals surface area contributed by atoms with Crippen molar-refractivity contribution in [2.75, 3.05) is 46.3 Å². The van der Waals surface area contributed by atoms with Gasteiger partial charge in [0.2, 0.25) is 5.78 Å². The Hall–Kier alpha value is -1.98. The minimum absolute atomic E-state index is 0.0835. The van der Waals surface area contributed by atoms with E-state index in [0.717, 1.165) is 39.1 Å². The minimum atomic E-state index is -0.0956. The van der Waals surface area contributed by atoms with Crippen molar-refractivity contribution in [2.24, 2.45) is 0 Å². The van der Waals surface area contributed by atoms with Crippen LogP contribution in [-0.2, 0) is 0 Å². The largest absolute Gasteiger partial charge is 0.382 e. The quantitative estimate of drug-likeness (QED) is 0.827. The number of allylic oxidation sites excluding steroid dienone is 2. The lowest BCUT2D eigenvalue weighted by Gasteiger charge is -2.32. The van der Waals surface area contributed by atoms with E-state index in [4.69, 9.17) is 0 Å². The summed E-state index contributed by atoms with van der Waals surface area (Å²) in [7, 11) is 2.15. The Morgan fingerprint density at radius 2 is 1.74 bits per heavy atom. The van der Waals surface area contributed by atoms with Gasteiger partial charge >= 0.3 is 0 Å². The number of likely N-dealkylation sites (N-methyl/N-ethyl adjacent to an activating group) is 1. The second-order valence-electron chi connectivity index (χ2n) is 6.22. The van der Waals surface area contributed by atoms with Gasteiger partial charge in [-0.05, 0) is 20.0 Å². The van der Waals surface area contributed by atoms with Gasteiger partial charge in [-0.2, -0.15) is 0 Å². The molecule has 0 atom stereocenters. The number of fused-ring (bicyclic) bond motifs is 1. The second-order valence-corrected chi connectivity index (χ2v) is 6.22. The average molecular weight is 313 g/mol. The number of carbonyl (C=O) groups is 2. The van der Waals surface area contributed by atoms with Gasteiger partial charge in [0, 0.05) is 49.9 Å². The number of nitrogens with zero attached hydrogens (tertiary/aromatic N) is 2. The Kier molecular flexibility index (Phi) is 4.88. The van der Waals surface area contributed by atoms with Gasteiger partial charge in [-0.15, -0.1) is 0 Å². The molecule has 0 radical (unpaired) electrons. The fraction of sp³-hybridized carbons (Fsp3) is 0.444. The molecule has 1 aliphatic heterocycles. The van der Waals surface area contributed by atoms with Crippen molar-refractivity contribution in [3.8, 4) is 0 Å². The van der Waals surface area contributed by atoms with E-state index in [-0.39, 0.29) is 11.6 Å². The molecule has 1 aromatic carbocycles. The average Bonchev–Trinajstić information content (AvgIpc) is 2.57. The molecule has 1 heterocycles. The lowest BCUT2D eigenvalue weighted by Crippen LogP contribution is -2.45. The summed E-state index contributed by atoms with van der Waals surface area (Å²) in [6.07, 6.45) is 2.39. The third kappa shape index (κ3) is 3.68. The molecule has 122 valence electrons. The number of piperazine rings is 1. The molecule has 23 heavy (non-hydrogen) atoms. The Balaban J connectivity index is 1.49. The van der Waals surface area contributed by atoms with Crippen molar-refractivity contribution in [3.63, 3.8) is 0 Å². The number of ketones is 2. The predicted molar refractivity (Wildman–Crippen MR) is 89.7 cm³/mol. The van der Waals surface area contributed by atoms with Crippen LogP contribution in [0.5, 0.6) is 0 Å². The van der Waals surface area contributed by atoms with Gasteiger partial charge in [0.05, 0.1) is 5.70 Å². The van der Waals surface area contributed by atoms with Crippen molar-refractivity contribution >= 4 is 11.6 Å².